The molecule has 0 radical (unpaired) electrons. The Balaban J connectivity index is 1.65. The lowest BCUT2D eigenvalue weighted by molar-refractivity contribution is -0.119. The summed E-state index contributed by atoms with van der Waals surface area (Å²) in [6, 6.07) is 17.9. The summed E-state index contributed by atoms with van der Waals surface area (Å²) in [5.74, 6) is -0.236. The highest BCUT2D eigenvalue weighted by Crippen LogP contribution is 2.29. The lowest BCUT2D eigenvalue weighted by Gasteiger charge is -2.06. The van der Waals surface area contributed by atoms with E-state index in [1.807, 2.05) is 30.3 Å². The van der Waals surface area contributed by atoms with Crippen LogP contribution in [0.25, 0.3) is 10.4 Å². The fourth-order valence-corrected chi connectivity index (χ4v) is 3.24. The second-order valence-corrected chi connectivity index (χ2v) is 6.92. The topological polar surface area (TPSA) is 81.4 Å². The molecule has 0 saturated carbocycles. The van der Waals surface area contributed by atoms with Crippen molar-refractivity contribution in [2.75, 3.05) is 11.9 Å². The number of rotatable bonds is 6. The van der Waals surface area contributed by atoms with Crippen molar-refractivity contribution in [3.8, 4) is 16.2 Å². The summed E-state index contributed by atoms with van der Waals surface area (Å²) in [5.41, 5.74) is 6.66. The molecule has 0 fully saturated rings. The Morgan fingerprint density at radius 1 is 1.00 bits per heavy atom. The Bertz CT molecular complexity index is 921. The van der Waals surface area contributed by atoms with Crippen molar-refractivity contribution in [3.05, 3.63) is 70.6 Å². The van der Waals surface area contributed by atoms with E-state index in [2.05, 4.69) is 5.32 Å². The van der Waals surface area contributed by atoms with E-state index in [1.54, 1.807) is 30.3 Å². The van der Waals surface area contributed by atoms with Crippen LogP contribution in [-0.2, 0) is 4.79 Å². The number of hydrogen-bond donors (Lipinski definition) is 2. The third kappa shape index (κ3) is 4.62. The van der Waals surface area contributed by atoms with Crippen molar-refractivity contribution in [1.82, 2.24) is 0 Å². The van der Waals surface area contributed by atoms with Gasteiger partial charge in [0.05, 0.1) is 4.88 Å². The summed E-state index contributed by atoms with van der Waals surface area (Å²) in [4.78, 5) is 24.7. The van der Waals surface area contributed by atoms with E-state index < -0.39 is 5.91 Å². The lowest BCUT2D eigenvalue weighted by Crippen LogP contribution is -2.20. The molecule has 2 aromatic carbocycles. The number of carbonyl (C=O) groups excluding carboxylic acids is 2. The largest absolute Gasteiger partial charge is 0.484 e. The van der Waals surface area contributed by atoms with Crippen molar-refractivity contribution >= 4 is 40.4 Å². The fourth-order valence-electron chi connectivity index (χ4n) is 2.21. The van der Waals surface area contributed by atoms with Gasteiger partial charge in [-0.3, -0.25) is 9.59 Å². The summed E-state index contributed by atoms with van der Waals surface area (Å²) >= 11 is 7.30. The Hall–Kier alpha value is -2.83. The van der Waals surface area contributed by atoms with E-state index in [1.165, 1.54) is 11.3 Å². The van der Waals surface area contributed by atoms with E-state index in [0.29, 0.717) is 21.3 Å². The van der Waals surface area contributed by atoms with Crippen molar-refractivity contribution < 1.29 is 14.3 Å². The molecule has 0 spiro atoms. The SMILES string of the molecule is NC(=O)COc1ccc(NC(=O)c2ccc(-c3ccc(Cl)cc3)s2)cc1. The Labute approximate surface area is 159 Å². The summed E-state index contributed by atoms with van der Waals surface area (Å²) in [6.45, 7) is -0.186. The van der Waals surface area contributed by atoms with Gasteiger partial charge in [0, 0.05) is 15.6 Å². The third-order valence-electron chi connectivity index (χ3n) is 3.45. The quantitative estimate of drug-likeness (QED) is 0.666. The standard InChI is InChI=1S/C19H15ClN2O3S/c20-13-3-1-12(2-4-13)16-9-10-17(26-16)19(24)22-14-5-7-15(8-6-14)25-11-18(21)23/h1-10H,11H2,(H2,21,23)(H,22,24). The normalized spacial score (nSPS) is 10.3. The molecule has 1 aromatic heterocycles. The maximum Gasteiger partial charge on any atom is 0.265 e. The van der Waals surface area contributed by atoms with Crippen molar-refractivity contribution in [2.24, 2.45) is 5.73 Å². The number of anilines is 1. The molecule has 0 unspecified atom stereocenters. The molecule has 2 amide bonds. The van der Waals surface area contributed by atoms with Crippen LogP contribution in [0.15, 0.2) is 60.7 Å². The van der Waals surface area contributed by atoms with Gasteiger partial charge < -0.3 is 15.8 Å². The zero-order valence-electron chi connectivity index (χ0n) is 13.6. The van der Waals surface area contributed by atoms with Crippen molar-refractivity contribution in [1.29, 1.82) is 0 Å². The number of primary amides is 1. The second-order valence-electron chi connectivity index (χ2n) is 5.40. The predicted molar refractivity (Wildman–Crippen MR) is 104 cm³/mol. The van der Waals surface area contributed by atoms with E-state index in [4.69, 9.17) is 22.1 Å². The molecule has 0 aliphatic carbocycles. The first kappa shape index (κ1) is 18.0. The van der Waals surface area contributed by atoms with Gasteiger partial charge in [0.25, 0.3) is 11.8 Å². The van der Waals surface area contributed by atoms with E-state index in [0.717, 1.165) is 10.4 Å². The molecule has 7 heteroatoms. The highest BCUT2D eigenvalue weighted by molar-refractivity contribution is 7.17. The first-order valence-corrected chi connectivity index (χ1v) is 8.89. The van der Waals surface area contributed by atoms with E-state index in [-0.39, 0.29) is 12.5 Å². The lowest BCUT2D eigenvalue weighted by atomic mass is 10.2. The van der Waals surface area contributed by atoms with Crippen molar-refractivity contribution in [3.63, 3.8) is 0 Å². The minimum Gasteiger partial charge on any atom is -0.484 e. The third-order valence-corrected chi connectivity index (χ3v) is 4.84. The minimum atomic E-state index is -0.545. The molecular formula is C19H15ClN2O3S. The number of benzene rings is 2. The summed E-state index contributed by atoms with van der Waals surface area (Å²) < 4.78 is 5.18. The van der Waals surface area contributed by atoms with Crippen LogP contribution in [0.4, 0.5) is 5.69 Å². The van der Waals surface area contributed by atoms with Gasteiger partial charge in [-0.1, -0.05) is 23.7 Å². The van der Waals surface area contributed by atoms with Gasteiger partial charge in [-0.2, -0.15) is 0 Å². The second kappa shape index (κ2) is 8.03. The van der Waals surface area contributed by atoms with Gasteiger partial charge in [-0.05, 0) is 54.1 Å². The molecule has 0 bridgehead atoms. The molecular weight excluding hydrogens is 372 g/mol. The number of ether oxygens (including phenoxy) is 1. The average Bonchev–Trinajstić information content (AvgIpc) is 3.12. The molecule has 1 heterocycles. The maximum absolute atomic E-state index is 12.4. The maximum atomic E-state index is 12.4. The smallest absolute Gasteiger partial charge is 0.265 e. The molecule has 5 nitrogen and oxygen atoms in total. The molecule has 26 heavy (non-hydrogen) atoms. The zero-order chi connectivity index (χ0) is 18.5. The van der Waals surface area contributed by atoms with Crippen LogP contribution in [0.3, 0.4) is 0 Å². The van der Waals surface area contributed by atoms with E-state index >= 15 is 0 Å². The van der Waals surface area contributed by atoms with Gasteiger partial charge in [0.15, 0.2) is 6.61 Å². The summed E-state index contributed by atoms with van der Waals surface area (Å²) in [5, 5.41) is 3.50. The molecule has 132 valence electrons. The van der Waals surface area contributed by atoms with Gasteiger partial charge in [-0.25, -0.2) is 0 Å². The highest BCUT2D eigenvalue weighted by atomic mass is 35.5. The van der Waals surface area contributed by atoms with Crippen LogP contribution in [0.2, 0.25) is 5.02 Å². The monoisotopic (exact) mass is 386 g/mol. The molecule has 0 aliphatic heterocycles. The molecule has 0 saturated heterocycles. The van der Waals surface area contributed by atoms with E-state index in [9.17, 15) is 9.59 Å². The molecule has 3 N–H and O–H groups in total. The number of amides is 2. The summed E-state index contributed by atoms with van der Waals surface area (Å²) in [6.07, 6.45) is 0. The average molecular weight is 387 g/mol. The number of hydrogen-bond acceptors (Lipinski definition) is 4. The highest BCUT2D eigenvalue weighted by Gasteiger charge is 2.11. The van der Waals surface area contributed by atoms with Crippen molar-refractivity contribution in [2.45, 2.75) is 0 Å². The van der Waals surface area contributed by atoms with Gasteiger partial charge in [0.1, 0.15) is 5.75 Å². The van der Waals surface area contributed by atoms with Crippen LogP contribution < -0.4 is 15.8 Å². The van der Waals surface area contributed by atoms with Gasteiger partial charge in [0.2, 0.25) is 0 Å². The molecule has 0 atom stereocenters. The van der Waals surface area contributed by atoms with Gasteiger partial charge in [-0.15, -0.1) is 11.3 Å². The fraction of sp³-hybridized carbons (Fsp3) is 0.0526. The predicted octanol–water partition coefficient (Wildman–Crippen LogP) is 4.18. The van der Waals surface area contributed by atoms with Gasteiger partial charge >= 0.3 is 0 Å². The van der Waals surface area contributed by atoms with Crippen LogP contribution >= 0.6 is 22.9 Å². The number of thiophene rings is 1. The number of carbonyl (C=O) groups is 2. The van der Waals surface area contributed by atoms with Crippen LogP contribution in [0, 0.1) is 0 Å². The van der Waals surface area contributed by atoms with Crippen LogP contribution in [-0.4, -0.2) is 18.4 Å². The number of nitrogens with one attached hydrogen (secondary N) is 1. The minimum absolute atomic E-state index is 0.186. The number of nitrogens with two attached hydrogens (primary N) is 1. The first-order valence-electron chi connectivity index (χ1n) is 7.69. The molecule has 3 rings (SSSR count). The molecule has 3 aromatic rings. The summed E-state index contributed by atoms with van der Waals surface area (Å²) in [7, 11) is 0. The Morgan fingerprint density at radius 3 is 2.35 bits per heavy atom. The number of halogens is 1. The zero-order valence-corrected chi connectivity index (χ0v) is 15.1. The Morgan fingerprint density at radius 2 is 1.69 bits per heavy atom. The molecule has 0 aliphatic rings. The Kier molecular flexibility index (Phi) is 5.55. The van der Waals surface area contributed by atoms with Crippen LogP contribution in [0.1, 0.15) is 9.67 Å². The van der Waals surface area contributed by atoms with Crippen LogP contribution in [0.5, 0.6) is 5.75 Å². The first-order chi connectivity index (χ1) is 12.5.